The number of hydrogen-bond donors (Lipinski definition) is 1. The van der Waals surface area contributed by atoms with E-state index in [9.17, 15) is 10.1 Å². The quantitative estimate of drug-likeness (QED) is 0.682. The second-order valence-electron chi connectivity index (χ2n) is 5.14. The highest BCUT2D eigenvalue weighted by molar-refractivity contribution is 6.30. The number of hydrogen-bond acceptors (Lipinski definition) is 5. The fourth-order valence-corrected chi connectivity index (χ4v) is 2.37. The zero-order chi connectivity index (χ0) is 16.1. The molecule has 1 aliphatic heterocycles. The lowest BCUT2D eigenvalue weighted by atomic mass is 10.2. The van der Waals surface area contributed by atoms with Gasteiger partial charge in [-0.3, -0.25) is 4.79 Å². The monoisotopic (exact) mass is 320 g/mol. The molecule has 7 heteroatoms. The average molecular weight is 321 g/mol. The van der Waals surface area contributed by atoms with E-state index in [1.807, 2.05) is 19.9 Å². The molecule has 1 saturated heterocycles. The average Bonchev–Trinajstić information content (AvgIpc) is 2.48. The van der Waals surface area contributed by atoms with Gasteiger partial charge >= 0.3 is 0 Å². The third kappa shape index (κ3) is 4.20. The standard InChI is InChI=1S/C15H17ClN4O2/c1-10-8-20(9-11(2)22-10)15(21)12(5-17)6-18-14-4-3-13(16)7-19-14/h3-4,6-7,10-11H,8-9H2,1-2H3,(H,18,19)/b12-6-. The molecule has 1 fully saturated rings. The van der Waals surface area contributed by atoms with Crippen molar-refractivity contribution in [3.05, 3.63) is 35.1 Å². The van der Waals surface area contributed by atoms with Crippen LogP contribution >= 0.6 is 11.6 Å². The fraction of sp³-hybridized carbons (Fsp3) is 0.400. The number of nitriles is 1. The molecule has 0 bridgehead atoms. The molecule has 2 atom stereocenters. The van der Waals surface area contributed by atoms with E-state index in [1.54, 1.807) is 17.0 Å². The maximum absolute atomic E-state index is 12.4. The Morgan fingerprint density at radius 1 is 1.50 bits per heavy atom. The fourth-order valence-electron chi connectivity index (χ4n) is 2.26. The molecule has 1 aliphatic rings. The topological polar surface area (TPSA) is 78.3 Å². The van der Waals surface area contributed by atoms with E-state index in [1.165, 1.54) is 12.4 Å². The van der Waals surface area contributed by atoms with Gasteiger partial charge < -0.3 is 15.0 Å². The number of aromatic nitrogens is 1. The summed E-state index contributed by atoms with van der Waals surface area (Å²) in [5.41, 5.74) is 0.0260. The zero-order valence-electron chi connectivity index (χ0n) is 12.4. The molecule has 22 heavy (non-hydrogen) atoms. The molecular formula is C15H17ClN4O2. The third-order valence-corrected chi connectivity index (χ3v) is 3.37. The molecule has 0 spiro atoms. The van der Waals surface area contributed by atoms with E-state index >= 15 is 0 Å². The molecule has 2 rings (SSSR count). The molecule has 1 amide bonds. The molecule has 0 aliphatic carbocycles. The van der Waals surface area contributed by atoms with Crippen molar-refractivity contribution < 1.29 is 9.53 Å². The summed E-state index contributed by atoms with van der Waals surface area (Å²) in [5, 5.41) is 12.6. The molecular weight excluding hydrogens is 304 g/mol. The van der Waals surface area contributed by atoms with E-state index in [-0.39, 0.29) is 23.7 Å². The smallest absolute Gasteiger partial charge is 0.266 e. The number of rotatable bonds is 3. The van der Waals surface area contributed by atoms with Gasteiger partial charge in [0.05, 0.1) is 17.2 Å². The number of ether oxygens (including phenoxy) is 1. The number of nitrogens with zero attached hydrogens (tertiary/aromatic N) is 3. The third-order valence-electron chi connectivity index (χ3n) is 3.15. The predicted octanol–water partition coefficient (Wildman–Crippen LogP) is 2.19. The van der Waals surface area contributed by atoms with E-state index in [0.717, 1.165) is 0 Å². The summed E-state index contributed by atoms with van der Waals surface area (Å²) < 4.78 is 5.59. The highest BCUT2D eigenvalue weighted by Gasteiger charge is 2.27. The van der Waals surface area contributed by atoms with Crippen LogP contribution in [0.5, 0.6) is 0 Å². The molecule has 1 aromatic rings. The van der Waals surface area contributed by atoms with Crippen LogP contribution in [0.4, 0.5) is 5.82 Å². The minimum atomic E-state index is -0.314. The van der Waals surface area contributed by atoms with E-state index in [2.05, 4.69) is 10.3 Å². The highest BCUT2D eigenvalue weighted by Crippen LogP contribution is 2.14. The van der Waals surface area contributed by atoms with Crippen LogP contribution < -0.4 is 5.32 Å². The summed E-state index contributed by atoms with van der Waals surface area (Å²) in [4.78, 5) is 18.1. The van der Waals surface area contributed by atoms with Crippen molar-refractivity contribution in [2.75, 3.05) is 18.4 Å². The van der Waals surface area contributed by atoms with Crippen molar-refractivity contribution in [2.45, 2.75) is 26.1 Å². The van der Waals surface area contributed by atoms with Crippen molar-refractivity contribution in [2.24, 2.45) is 0 Å². The minimum absolute atomic E-state index is 0.0260. The summed E-state index contributed by atoms with van der Waals surface area (Å²) in [6.45, 7) is 4.76. The maximum atomic E-state index is 12.4. The van der Waals surface area contributed by atoms with E-state index in [0.29, 0.717) is 23.9 Å². The Labute approximate surface area is 134 Å². The molecule has 2 unspecified atom stereocenters. The summed E-state index contributed by atoms with van der Waals surface area (Å²) in [5.74, 6) is 0.194. The maximum Gasteiger partial charge on any atom is 0.266 e. The Kier molecular flexibility index (Phi) is 5.36. The Balaban J connectivity index is 2.06. The van der Waals surface area contributed by atoms with Gasteiger partial charge in [-0.05, 0) is 26.0 Å². The van der Waals surface area contributed by atoms with Gasteiger partial charge in [-0.15, -0.1) is 0 Å². The van der Waals surface area contributed by atoms with Crippen molar-refractivity contribution in [1.82, 2.24) is 9.88 Å². The predicted molar refractivity (Wildman–Crippen MR) is 83.2 cm³/mol. The van der Waals surface area contributed by atoms with Gasteiger partial charge in [0.25, 0.3) is 5.91 Å². The van der Waals surface area contributed by atoms with Crippen LogP contribution in [0.2, 0.25) is 5.02 Å². The Hall–Kier alpha value is -2.10. The largest absolute Gasteiger partial charge is 0.372 e. The molecule has 1 N–H and O–H groups in total. The molecule has 116 valence electrons. The summed E-state index contributed by atoms with van der Waals surface area (Å²) in [6.07, 6.45) is 2.76. The SMILES string of the molecule is CC1CN(C(=O)/C(C#N)=C\Nc2ccc(Cl)cn2)CC(C)O1. The first-order valence-electron chi connectivity index (χ1n) is 6.92. The van der Waals surface area contributed by atoms with Gasteiger partial charge in [0, 0.05) is 25.5 Å². The lowest BCUT2D eigenvalue weighted by Crippen LogP contribution is -2.48. The lowest BCUT2D eigenvalue weighted by Gasteiger charge is -2.35. The molecule has 1 aromatic heterocycles. The van der Waals surface area contributed by atoms with Crippen LogP contribution in [-0.2, 0) is 9.53 Å². The Morgan fingerprint density at radius 3 is 2.73 bits per heavy atom. The van der Waals surface area contributed by atoms with E-state index in [4.69, 9.17) is 16.3 Å². The minimum Gasteiger partial charge on any atom is -0.372 e. The van der Waals surface area contributed by atoms with Crippen LogP contribution in [-0.4, -0.2) is 41.1 Å². The van der Waals surface area contributed by atoms with Crippen molar-refractivity contribution in [1.29, 1.82) is 5.26 Å². The lowest BCUT2D eigenvalue weighted by molar-refractivity contribution is -0.138. The van der Waals surface area contributed by atoms with Gasteiger partial charge in [-0.2, -0.15) is 5.26 Å². The number of carbonyl (C=O) groups excluding carboxylic acids is 1. The summed E-state index contributed by atoms with van der Waals surface area (Å²) in [6, 6.07) is 5.26. The van der Waals surface area contributed by atoms with Crippen molar-refractivity contribution in [3.8, 4) is 6.07 Å². The van der Waals surface area contributed by atoms with Crippen LogP contribution in [0.25, 0.3) is 0 Å². The Bertz CT molecular complexity index is 599. The molecule has 0 saturated carbocycles. The van der Waals surface area contributed by atoms with Gasteiger partial charge in [0.2, 0.25) is 0 Å². The number of halogens is 1. The number of carbonyl (C=O) groups is 1. The second-order valence-corrected chi connectivity index (χ2v) is 5.58. The number of pyridine rings is 1. The van der Waals surface area contributed by atoms with Crippen LogP contribution in [0.1, 0.15) is 13.8 Å². The van der Waals surface area contributed by atoms with E-state index < -0.39 is 0 Å². The van der Waals surface area contributed by atoms with Gasteiger partial charge in [-0.25, -0.2) is 4.98 Å². The number of amides is 1. The first kappa shape index (κ1) is 16.3. The number of anilines is 1. The molecule has 2 heterocycles. The van der Waals surface area contributed by atoms with Gasteiger partial charge in [-0.1, -0.05) is 11.6 Å². The zero-order valence-corrected chi connectivity index (χ0v) is 13.2. The number of nitrogens with one attached hydrogen (secondary N) is 1. The highest BCUT2D eigenvalue weighted by atomic mass is 35.5. The van der Waals surface area contributed by atoms with Crippen molar-refractivity contribution >= 4 is 23.3 Å². The van der Waals surface area contributed by atoms with Gasteiger partial charge in [0.1, 0.15) is 17.5 Å². The first-order valence-corrected chi connectivity index (χ1v) is 7.30. The van der Waals surface area contributed by atoms with Crippen LogP contribution in [0.15, 0.2) is 30.1 Å². The normalized spacial score (nSPS) is 22.1. The molecule has 0 aromatic carbocycles. The van der Waals surface area contributed by atoms with Crippen molar-refractivity contribution in [3.63, 3.8) is 0 Å². The molecule has 6 nitrogen and oxygen atoms in total. The second kappa shape index (κ2) is 7.25. The first-order chi connectivity index (χ1) is 10.5. The van der Waals surface area contributed by atoms with Crippen LogP contribution in [0, 0.1) is 11.3 Å². The van der Waals surface area contributed by atoms with Crippen LogP contribution in [0.3, 0.4) is 0 Å². The summed E-state index contributed by atoms with van der Waals surface area (Å²) in [7, 11) is 0. The number of morpholine rings is 1. The molecule has 0 radical (unpaired) electrons. The summed E-state index contributed by atoms with van der Waals surface area (Å²) >= 11 is 5.75. The Morgan fingerprint density at radius 2 is 2.18 bits per heavy atom. The van der Waals surface area contributed by atoms with Gasteiger partial charge in [0.15, 0.2) is 0 Å².